The molecular formula is C18H17ClN4O4S. The number of fused-ring (bicyclic) bond motifs is 1. The van der Waals surface area contributed by atoms with Gasteiger partial charge in [-0.25, -0.2) is 9.78 Å². The normalized spacial score (nSPS) is 14.5. The van der Waals surface area contributed by atoms with Crippen LogP contribution in [0, 0.1) is 0 Å². The predicted molar refractivity (Wildman–Crippen MR) is 105 cm³/mol. The zero-order valence-electron chi connectivity index (χ0n) is 15.1. The minimum Gasteiger partial charge on any atom is -0.462 e. The molecule has 0 aromatic carbocycles. The first-order valence-corrected chi connectivity index (χ1v) is 10.0. The summed E-state index contributed by atoms with van der Waals surface area (Å²) in [6, 6.07) is 3.34. The maximum Gasteiger partial charge on any atom is 0.339 e. The largest absolute Gasteiger partial charge is 0.462 e. The first-order valence-electron chi connectivity index (χ1n) is 8.78. The summed E-state index contributed by atoms with van der Waals surface area (Å²) >= 11 is 7.43. The van der Waals surface area contributed by atoms with Crippen LogP contribution in [0.3, 0.4) is 0 Å². The van der Waals surface area contributed by atoms with E-state index in [9.17, 15) is 9.59 Å². The number of halogens is 1. The van der Waals surface area contributed by atoms with Crippen LogP contribution in [0.2, 0.25) is 5.28 Å². The van der Waals surface area contributed by atoms with Gasteiger partial charge in [-0.15, -0.1) is 11.3 Å². The first kappa shape index (κ1) is 18.7. The molecule has 4 heterocycles. The van der Waals surface area contributed by atoms with Gasteiger partial charge in [-0.05, 0) is 30.7 Å². The van der Waals surface area contributed by atoms with E-state index in [-0.39, 0.29) is 17.8 Å². The second-order valence-electron chi connectivity index (χ2n) is 6.12. The Bertz CT molecular complexity index is 1010. The van der Waals surface area contributed by atoms with Crippen molar-refractivity contribution in [1.82, 2.24) is 14.9 Å². The molecule has 0 aliphatic carbocycles. The van der Waals surface area contributed by atoms with Gasteiger partial charge in [0.1, 0.15) is 10.6 Å². The standard InChI is InChI=1S/C18H17ClN4O4S/c1-2-26-17(25)11-10-28-15-13(11)14(20-18(19)21-15)22-5-7-23(8-6-22)16(24)12-4-3-9-27-12/h3-4,9-10H,2,5-8H2,1H3. The lowest BCUT2D eigenvalue weighted by Gasteiger charge is -2.35. The minimum absolute atomic E-state index is 0.119. The highest BCUT2D eigenvalue weighted by Crippen LogP contribution is 2.34. The Morgan fingerprint density at radius 1 is 1.29 bits per heavy atom. The fourth-order valence-electron chi connectivity index (χ4n) is 3.16. The topological polar surface area (TPSA) is 88.8 Å². The van der Waals surface area contributed by atoms with Crippen molar-refractivity contribution in [3.63, 3.8) is 0 Å². The molecule has 0 radical (unpaired) electrons. The Morgan fingerprint density at radius 2 is 2.07 bits per heavy atom. The van der Waals surface area contributed by atoms with Crippen molar-refractivity contribution < 1.29 is 18.7 Å². The van der Waals surface area contributed by atoms with Crippen molar-refractivity contribution in [2.75, 3.05) is 37.7 Å². The summed E-state index contributed by atoms with van der Waals surface area (Å²) in [6.45, 7) is 4.15. The Hall–Kier alpha value is -2.65. The third-order valence-electron chi connectivity index (χ3n) is 4.48. The number of esters is 1. The number of amides is 1. The van der Waals surface area contributed by atoms with Crippen LogP contribution in [0.15, 0.2) is 28.2 Å². The van der Waals surface area contributed by atoms with Crippen molar-refractivity contribution in [3.8, 4) is 0 Å². The van der Waals surface area contributed by atoms with Crippen LogP contribution in [-0.4, -0.2) is 59.5 Å². The summed E-state index contributed by atoms with van der Waals surface area (Å²) in [5.74, 6) is 0.360. The Kier molecular flexibility index (Phi) is 5.19. The van der Waals surface area contributed by atoms with E-state index >= 15 is 0 Å². The molecule has 3 aromatic heterocycles. The van der Waals surface area contributed by atoms with Crippen LogP contribution in [0.5, 0.6) is 0 Å². The molecule has 1 saturated heterocycles. The molecule has 28 heavy (non-hydrogen) atoms. The summed E-state index contributed by atoms with van der Waals surface area (Å²) in [4.78, 5) is 37.8. The molecular weight excluding hydrogens is 404 g/mol. The van der Waals surface area contributed by atoms with Gasteiger partial charge in [0.2, 0.25) is 5.28 Å². The van der Waals surface area contributed by atoms with Gasteiger partial charge in [-0.1, -0.05) is 0 Å². The number of nitrogens with zero attached hydrogens (tertiary/aromatic N) is 4. The van der Waals surface area contributed by atoms with Crippen molar-refractivity contribution in [2.24, 2.45) is 0 Å². The molecule has 0 spiro atoms. The van der Waals surface area contributed by atoms with Crippen LogP contribution in [0.25, 0.3) is 10.2 Å². The summed E-state index contributed by atoms with van der Waals surface area (Å²) in [7, 11) is 0. The molecule has 0 saturated carbocycles. The maximum absolute atomic E-state index is 12.5. The zero-order chi connectivity index (χ0) is 19.7. The van der Waals surface area contributed by atoms with Gasteiger partial charge < -0.3 is 19.0 Å². The number of thiophene rings is 1. The first-order chi connectivity index (χ1) is 13.6. The fourth-order valence-corrected chi connectivity index (χ4v) is 4.28. The van der Waals surface area contributed by atoms with E-state index in [1.165, 1.54) is 17.6 Å². The summed E-state index contributed by atoms with van der Waals surface area (Å²) in [6.07, 6.45) is 1.48. The number of carbonyl (C=O) groups excluding carboxylic acids is 2. The Labute approximate surface area is 169 Å². The number of furan rings is 1. The summed E-state index contributed by atoms with van der Waals surface area (Å²) < 4.78 is 10.3. The number of hydrogen-bond acceptors (Lipinski definition) is 8. The van der Waals surface area contributed by atoms with Gasteiger partial charge in [0.25, 0.3) is 5.91 Å². The SMILES string of the molecule is CCOC(=O)c1csc2nc(Cl)nc(N3CCN(C(=O)c4ccco4)CC3)c12. The third kappa shape index (κ3) is 3.43. The molecule has 8 nitrogen and oxygen atoms in total. The molecule has 0 unspecified atom stereocenters. The Balaban J connectivity index is 1.60. The van der Waals surface area contributed by atoms with Gasteiger partial charge in [0.15, 0.2) is 5.76 Å². The predicted octanol–water partition coefficient (Wildman–Crippen LogP) is 3.08. The average molecular weight is 421 g/mol. The van der Waals surface area contributed by atoms with Gasteiger partial charge >= 0.3 is 5.97 Å². The minimum atomic E-state index is -0.410. The van der Waals surface area contributed by atoms with E-state index in [4.69, 9.17) is 20.8 Å². The fraction of sp³-hybridized carbons (Fsp3) is 0.333. The van der Waals surface area contributed by atoms with Gasteiger partial charge in [-0.2, -0.15) is 4.98 Å². The van der Waals surface area contributed by atoms with Gasteiger partial charge in [0, 0.05) is 31.6 Å². The molecule has 4 rings (SSSR count). The quantitative estimate of drug-likeness (QED) is 0.473. The highest BCUT2D eigenvalue weighted by molar-refractivity contribution is 7.17. The van der Waals surface area contributed by atoms with Gasteiger partial charge in [0.05, 0.1) is 23.8 Å². The van der Waals surface area contributed by atoms with E-state index in [0.29, 0.717) is 53.5 Å². The smallest absolute Gasteiger partial charge is 0.339 e. The molecule has 1 fully saturated rings. The monoisotopic (exact) mass is 420 g/mol. The van der Waals surface area contributed by atoms with Gasteiger partial charge in [-0.3, -0.25) is 4.79 Å². The van der Waals surface area contributed by atoms with Crippen LogP contribution in [-0.2, 0) is 4.74 Å². The molecule has 0 bridgehead atoms. The summed E-state index contributed by atoms with van der Waals surface area (Å²) in [5, 5.41) is 2.47. The molecule has 3 aromatic rings. The van der Waals surface area contributed by atoms with Crippen molar-refractivity contribution in [2.45, 2.75) is 6.92 Å². The highest BCUT2D eigenvalue weighted by Gasteiger charge is 2.28. The van der Waals surface area contributed by atoms with E-state index in [1.54, 1.807) is 29.3 Å². The molecule has 146 valence electrons. The lowest BCUT2D eigenvalue weighted by Crippen LogP contribution is -2.49. The second kappa shape index (κ2) is 7.76. The molecule has 1 aliphatic heterocycles. The van der Waals surface area contributed by atoms with Crippen molar-refractivity contribution in [1.29, 1.82) is 0 Å². The van der Waals surface area contributed by atoms with Crippen molar-refractivity contribution >= 4 is 50.8 Å². The van der Waals surface area contributed by atoms with Crippen LogP contribution >= 0.6 is 22.9 Å². The molecule has 1 aliphatic rings. The van der Waals surface area contributed by atoms with E-state index in [2.05, 4.69) is 9.97 Å². The number of rotatable bonds is 4. The zero-order valence-corrected chi connectivity index (χ0v) is 16.6. The van der Waals surface area contributed by atoms with Crippen LogP contribution in [0.4, 0.5) is 5.82 Å². The van der Waals surface area contributed by atoms with E-state index in [0.717, 1.165) is 0 Å². The Morgan fingerprint density at radius 3 is 2.75 bits per heavy atom. The van der Waals surface area contributed by atoms with Crippen LogP contribution in [0.1, 0.15) is 27.8 Å². The number of anilines is 1. The third-order valence-corrected chi connectivity index (χ3v) is 5.52. The number of aromatic nitrogens is 2. The second-order valence-corrected chi connectivity index (χ2v) is 7.32. The maximum atomic E-state index is 12.5. The van der Waals surface area contributed by atoms with Crippen LogP contribution < -0.4 is 4.90 Å². The highest BCUT2D eigenvalue weighted by atomic mass is 35.5. The number of piperazine rings is 1. The summed E-state index contributed by atoms with van der Waals surface area (Å²) in [5.41, 5.74) is 0.433. The molecule has 0 atom stereocenters. The van der Waals surface area contributed by atoms with E-state index in [1.807, 2.05) is 4.90 Å². The molecule has 10 heteroatoms. The lowest BCUT2D eigenvalue weighted by atomic mass is 10.2. The number of carbonyl (C=O) groups is 2. The number of ether oxygens (including phenoxy) is 1. The van der Waals surface area contributed by atoms with Crippen molar-refractivity contribution in [3.05, 3.63) is 40.4 Å². The number of hydrogen-bond donors (Lipinski definition) is 0. The average Bonchev–Trinajstić information content (AvgIpc) is 3.37. The molecule has 1 amide bonds. The lowest BCUT2D eigenvalue weighted by molar-refractivity contribution is 0.0529. The van der Waals surface area contributed by atoms with E-state index < -0.39 is 5.97 Å². The molecule has 0 N–H and O–H groups in total.